The quantitative estimate of drug-likeness (QED) is 0.829. The number of nitrogens with zero attached hydrogens (tertiary/aromatic N) is 3. The zero-order chi connectivity index (χ0) is 12.2. The second-order valence-electron chi connectivity index (χ2n) is 4.79. The molecular weight excluding hydrogens is 226 g/mol. The Hall–Kier alpha value is -1.46. The number of rotatable bonds is 4. The molecule has 3 heterocycles. The largest absolute Gasteiger partial charge is 0.315 e. The highest BCUT2D eigenvalue weighted by Crippen LogP contribution is 2.04. The Morgan fingerprint density at radius 2 is 2.39 bits per heavy atom. The van der Waals surface area contributed by atoms with Crippen LogP contribution in [-0.4, -0.2) is 40.3 Å². The summed E-state index contributed by atoms with van der Waals surface area (Å²) in [5, 5.41) is 15.4. The third-order valence-corrected chi connectivity index (χ3v) is 3.46. The van der Waals surface area contributed by atoms with Gasteiger partial charge in [-0.25, -0.2) is 0 Å². The summed E-state index contributed by atoms with van der Waals surface area (Å²) in [5.41, 5.74) is 0.923. The first-order chi connectivity index (χ1) is 8.93. The monoisotopic (exact) mass is 245 g/mol. The molecule has 3 rings (SSSR count). The maximum atomic E-state index is 4.24. The molecule has 2 aromatic heterocycles. The van der Waals surface area contributed by atoms with Gasteiger partial charge in [-0.15, -0.1) is 10.2 Å². The fourth-order valence-electron chi connectivity index (χ4n) is 2.48. The maximum Gasteiger partial charge on any atom is 0.160 e. The van der Waals surface area contributed by atoms with Crippen LogP contribution >= 0.6 is 0 Å². The summed E-state index contributed by atoms with van der Waals surface area (Å²) in [7, 11) is 0. The Bertz CT molecular complexity index is 501. The molecule has 0 bridgehead atoms. The van der Waals surface area contributed by atoms with Gasteiger partial charge in [0.2, 0.25) is 0 Å². The molecule has 1 aliphatic rings. The van der Waals surface area contributed by atoms with Gasteiger partial charge < -0.3 is 10.6 Å². The topological polar surface area (TPSA) is 54.2 Å². The van der Waals surface area contributed by atoms with E-state index in [-0.39, 0.29) is 0 Å². The van der Waals surface area contributed by atoms with Crippen LogP contribution in [0.25, 0.3) is 5.65 Å². The van der Waals surface area contributed by atoms with Crippen LogP contribution in [0.3, 0.4) is 0 Å². The first-order valence-electron chi connectivity index (χ1n) is 6.66. The number of nitrogens with one attached hydrogen (secondary N) is 2. The fraction of sp³-hybridized carbons (Fsp3) is 0.538. The number of hydrogen-bond acceptors (Lipinski definition) is 4. The minimum Gasteiger partial charge on any atom is -0.315 e. The first-order valence-corrected chi connectivity index (χ1v) is 6.66. The highest BCUT2D eigenvalue weighted by Gasteiger charge is 2.12. The van der Waals surface area contributed by atoms with Crippen molar-refractivity contribution in [2.24, 2.45) is 0 Å². The number of fused-ring (bicyclic) bond motifs is 1. The van der Waals surface area contributed by atoms with E-state index < -0.39 is 0 Å². The lowest BCUT2D eigenvalue weighted by atomic mass is 10.1. The second-order valence-corrected chi connectivity index (χ2v) is 4.79. The van der Waals surface area contributed by atoms with Crippen LogP contribution < -0.4 is 10.6 Å². The van der Waals surface area contributed by atoms with Gasteiger partial charge in [-0.05, 0) is 31.5 Å². The number of piperidine rings is 1. The number of hydrogen-bond donors (Lipinski definition) is 2. The predicted octanol–water partition coefficient (Wildman–Crippen LogP) is 0.613. The standard InChI is InChI=1S/C13H19N5/c1-2-9-18-12(5-1)16-17-13(18)6-8-15-11-4-3-7-14-10-11/h1-2,5,9,11,14-15H,3-4,6-8,10H2. The van der Waals surface area contributed by atoms with Crippen molar-refractivity contribution < 1.29 is 0 Å². The van der Waals surface area contributed by atoms with E-state index in [1.54, 1.807) is 0 Å². The van der Waals surface area contributed by atoms with Crippen molar-refractivity contribution in [3.05, 3.63) is 30.2 Å². The van der Waals surface area contributed by atoms with Crippen LogP contribution in [0.2, 0.25) is 0 Å². The molecule has 0 aromatic carbocycles. The van der Waals surface area contributed by atoms with E-state index in [2.05, 4.69) is 25.2 Å². The molecular formula is C13H19N5. The molecule has 18 heavy (non-hydrogen) atoms. The van der Waals surface area contributed by atoms with Crippen molar-refractivity contribution in [1.82, 2.24) is 25.2 Å². The Morgan fingerprint density at radius 3 is 3.28 bits per heavy atom. The Kier molecular flexibility index (Phi) is 3.52. The van der Waals surface area contributed by atoms with Crippen molar-refractivity contribution in [2.45, 2.75) is 25.3 Å². The summed E-state index contributed by atoms with van der Waals surface area (Å²) in [6, 6.07) is 6.59. The summed E-state index contributed by atoms with van der Waals surface area (Å²) >= 11 is 0. The highest BCUT2D eigenvalue weighted by molar-refractivity contribution is 5.36. The Labute approximate surface area is 107 Å². The minimum atomic E-state index is 0.609. The molecule has 1 aliphatic heterocycles. The average Bonchev–Trinajstić information content (AvgIpc) is 2.84. The Morgan fingerprint density at radius 1 is 1.39 bits per heavy atom. The van der Waals surface area contributed by atoms with Crippen molar-refractivity contribution >= 4 is 5.65 Å². The molecule has 96 valence electrons. The molecule has 5 heteroatoms. The lowest BCUT2D eigenvalue weighted by molar-refractivity contribution is 0.391. The van der Waals surface area contributed by atoms with Gasteiger partial charge in [0.05, 0.1) is 0 Å². The van der Waals surface area contributed by atoms with E-state index in [0.717, 1.165) is 37.5 Å². The normalized spacial score (nSPS) is 20.3. The molecule has 0 amide bonds. The highest BCUT2D eigenvalue weighted by atomic mass is 15.2. The van der Waals surface area contributed by atoms with Crippen molar-refractivity contribution in [1.29, 1.82) is 0 Å². The van der Waals surface area contributed by atoms with Gasteiger partial charge in [-0.1, -0.05) is 6.07 Å². The molecule has 0 saturated carbocycles. The summed E-state index contributed by atoms with van der Waals surface area (Å²) in [4.78, 5) is 0. The molecule has 0 radical (unpaired) electrons. The summed E-state index contributed by atoms with van der Waals surface area (Å²) in [6.07, 6.45) is 5.48. The molecule has 1 unspecified atom stereocenters. The predicted molar refractivity (Wildman–Crippen MR) is 70.6 cm³/mol. The zero-order valence-corrected chi connectivity index (χ0v) is 10.5. The first kappa shape index (κ1) is 11.6. The SMILES string of the molecule is c1ccn2c(CCNC3CCCNC3)nnc2c1. The third kappa shape index (κ3) is 2.52. The lowest BCUT2D eigenvalue weighted by Crippen LogP contribution is -2.43. The van der Waals surface area contributed by atoms with Crippen LogP contribution in [0.5, 0.6) is 0 Å². The molecule has 0 spiro atoms. The molecule has 1 fully saturated rings. The maximum absolute atomic E-state index is 4.24. The van der Waals surface area contributed by atoms with E-state index in [4.69, 9.17) is 0 Å². The molecule has 1 atom stereocenters. The van der Waals surface area contributed by atoms with E-state index in [1.807, 2.05) is 24.4 Å². The summed E-state index contributed by atoms with van der Waals surface area (Å²) in [6.45, 7) is 3.20. The fourth-order valence-corrected chi connectivity index (χ4v) is 2.48. The molecule has 0 aliphatic carbocycles. The molecule has 2 aromatic rings. The lowest BCUT2D eigenvalue weighted by Gasteiger charge is -2.23. The molecule has 1 saturated heterocycles. The van der Waals surface area contributed by atoms with Gasteiger partial charge in [0.15, 0.2) is 5.65 Å². The minimum absolute atomic E-state index is 0.609. The van der Waals surface area contributed by atoms with Crippen LogP contribution in [0, 0.1) is 0 Å². The van der Waals surface area contributed by atoms with Gasteiger partial charge in [0.1, 0.15) is 5.82 Å². The number of aromatic nitrogens is 3. The van der Waals surface area contributed by atoms with Crippen molar-refractivity contribution in [3.63, 3.8) is 0 Å². The van der Waals surface area contributed by atoms with Gasteiger partial charge in [0, 0.05) is 31.7 Å². The van der Waals surface area contributed by atoms with Crippen LogP contribution in [0.4, 0.5) is 0 Å². The molecule has 2 N–H and O–H groups in total. The Balaban J connectivity index is 1.56. The van der Waals surface area contributed by atoms with Crippen LogP contribution in [0.15, 0.2) is 24.4 Å². The summed E-state index contributed by atoms with van der Waals surface area (Å²) in [5.74, 6) is 1.03. The van der Waals surface area contributed by atoms with E-state index in [0.29, 0.717) is 6.04 Å². The third-order valence-electron chi connectivity index (χ3n) is 3.46. The van der Waals surface area contributed by atoms with Gasteiger partial charge in [0.25, 0.3) is 0 Å². The number of pyridine rings is 1. The average molecular weight is 245 g/mol. The van der Waals surface area contributed by atoms with Gasteiger partial charge in [-0.2, -0.15) is 0 Å². The van der Waals surface area contributed by atoms with Crippen LogP contribution in [-0.2, 0) is 6.42 Å². The van der Waals surface area contributed by atoms with E-state index in [9.17, 15) is 0 Å². The van der Waals surface area contributed by atoms with Crippen molar-refractivity contribution in [3.8, 4) is 0 Å². The summed E-state index contributed by atoms with van der Waals surface area (Å²) < 4.78 is 2.06. The molecule has 5 nitrogen and oxygen atoms in total. The van der Waals surface area contributed by atoms with E-state index >= 15 is 0 Å². The van der Waals surface area contributed by atoms with Crippen LogP contribution in [0.1, 0.15) is 18.7 Å². The van der Waals surface area contributed by atoms with Gasteiger partial charge >= 0.3 is 0 Å². The zero-order valence-electron chi connectivity index (χ0n) is 10.5. The second kappa shape index (κ2) is 5.46. The van der Waals surface area contributed by atoms with E-state index in [1.165, 1.54) is 12.8 Å². The van der Waals surface area contributed by atoms with Crippen molar-refractivity contribution in [2.75, 3.05) is 19.6 Å². The smallest absolute Gasteiger partial charge is 0.160 e. The van der Waals surface area contributed by atoms with Gasteiger partial charge in [-0.3, -0.25) is 4.40 Å².